The molecule has 3 heteroatoms. The Morgan fingerprint density at radius 3 is 2.80 bits per heavy atom. The van der Waals surface area contributed by atoms with Gasteiger partial charge in [-0.25, -0.2) is 0 Å². The summed E-state index contributed by atoms with van der Waals surface area (Å²) >= 11 is 0. The molecule has 0 radical (unpaired) electrons. The molecule has 0 bridgehead atoms. The van der Waals surface area contributed by atoms with Gasteiger partial charge >= 0.3 is 0 Å². The van der Waals surface area contributed by atoms with Crippen LogP contribution >= 0.6 is 0 Å². The van der Waals surface area contributed by atoms with Crippen LogP contribution in [0.25, 0.3) is 0 Å². The molecule has 0 spiro atoms. The van der Waals surface area contributed by atoms with Crippen LogP contribution < -0.4 is 5.32 Å². The second-order valence-corrected chi connectivity index (χ2v) is 6.65. The zero-order chi connectivity index (χ0) is 11.3. The van der Waals surface area contributed by atoms with Crippen LogP contribution in [0, 0.1) is 5.92 Å². The van der Waals surface area contributed by atoms with Crippen molar-refractivity contribution >= 4 is 10.8 Å². The maximum atomic E-state index is 11.8. The van der Waals surface area contributed by atoms with E-state index in [9.17, 15) is 4.21 Å². The minimum atomic E-state index is -0.606. The average Bonchev–Trinajstić information content (AvgIpc) is 2.71. The second kappa shape index (κ2) is 6.64. The van der Waals surface area contributed by atoms with E-state index in [-0.39, 0.29) is 0 Å². The summed E-state index contributed by atoms with van der Waals surface area (Å²) in [4.78, 5) is 0. The third-order valence-electron chi connectivity index (χ3n) is 3.74. The first-order valence-corrected chi connectivity index (χ1v) is 7.61. The number of hydrogen-bond acceptors (Lipinski definition) is 2. The fraction of sp³-hybridized carbons (Fsp3) is 1.00. The summed E-state index contributed by atoms with van der Waals surface area (Å²) < 4.78 is 11.8. The van der Waals surface area contributed by atoms with Crippen LogP contribution in [0.5, 0.6) is 0 Å². The quantitative estimate of drug-likeness (QED) is 0.760. The highest BCUT2D eigenvalue weighted by Gasteiger charge is 2.26. The third-order valence-corrected chi connectivity index (χ3v) is 5.61. The van der Waals surface area contributed by atoms with Crippen LogP contribution in [0.1, 0.15) is 46.0 Å². The molecule has 4 unspecified atom stereocenters. The molecule has 0 aromatic heterocycles. The molecule has 1 N–H and O–H groups in total. The molecule has 0 aromatic rings. The Kier molecular flexibility index (Phi) is 5.83. The van der Waals surface area contributed by atoms with Gasteiger partial charge in [-0.2, -0.15) is 0 Å². The fourth-order valence-electron chi connectivity index (χ4n) is 2.42. The molecule has 2 nitrogen and oxygen atoms in total. The summed E-state index contributed by atoms with van der Waals surface area (Å²) in [6.45, 7) is 4.22. The molecule has 1 aliphatic carbocycles. The molecule has 0 heterocycles. The van der Waals surface area contributed by atoms with Crippen molar-refractivity contribution in [2.75, 3.05) is 12.8 Å². The van der Waals surface area contributed by atoms with E-state index in [1.54, 1.807) is 0 Å². The largest absolute Gasteiger partial charge is 0.317 e. The fourth-order valence-corrected chi connectivity index (χ4v) is 3.73. The van der Waals surface area contributed by atoms with Crippen molar-refractivity contribution in [1.82, 2.24) is 5.32 Å². The van der Waals surface area contributed by atoms with E-state index in [0.29, 0.717) is 11.3 Å². The van der Waals surface area contributed by atoms with Gasteiger partial charge in [0.1, 0.15) is 0 Å². The van der Waals surface area contributed by atoms with E-state index in [0.717, 1.165) is 24.5 Å². The van der Waals surface area contributed by atoms with Gasteiger partial charge in [-0.15, -0.1) is 0 Å². The highest BCUT2D eigenvalue weighted by Crippen LogP contribution is 2.28. The van der Waals surface area contributed by atoms with Gasteiger partial charge in [0, 0.05) is 27.8 Å². The van der Waals surface area contributed by atoms with E-state index in [2.05, 4.69) is 26.2 Å². The summed E-state index contributed by atoms with van der Waals surface area (Å²) in [5, 5.41) is 3.76. The van der Waals surface area contributed by atoms with Gasteiger partial charge < -0.3 is 5.32 Å². The molecule has 1 saturated carbocycles. The highest BCUT2D eigenvalue weighted by atomic mass is 32.2. The molecule has 1 rings (SSSR count). The van der Waals surface area contributed by atoms with Crippen LogP contribution in [0.15, 0.2) is 0 Å². The number of nitrogens with one attached hydrogen (secondary N) is 1. The predicted molar refractivity (Wildman–Crippen MR) is 67.6 cm³/mol. The molecule has 15 heavy (non-hydrogen) atoms. The van der Waals surface area contributed by atoms with Crippen molar-refractivity contribution in [2.45, 2.75) is 57.2 Å². The van der Waals surface area contributed by atoms with Gasteiger partial charge in [0.05, 0.1) is 0 Å². The molecule has 4 atom stereocenters. The lowest BCUT2D eigenvalue weighted by Crippen LogP contribution is -2.30. The van der Waals surface area contributed by atoms with Crippen molar-refractivity contribution in [3.8, 4) is 0 Å². The van der Waals surface area contributed by atoms with Crippen LogP contribution in [0.4, 0.5) is 0 Å². The van der Waals surface area contributed by atoms with Crippen LogP contribution in [0.3, 0.4) is 0 Å². The molecule has 1 fully saturated rings. The van der Waals surface area contributed by atoms with E-state index >= 15 is 0 Å². The van der Waals surface area contributed by atoms with E-state index in [1.807, 2.05) is 0 Å². The summed E-state index contributed by atoms with van der Waals surface area (Å²) in [7, 11) is 1.44. The Hall–Kier alpha value is 0.110. The van der Waals surface area contributed by atoms with Gasteiger partial charge in [-0.3, -0.25) is 4.21 Å². The van der Waals surface area contributed by atoms with Crippen molar-refractivity contribution in [2.24, 2.45) is 5.92 Å². The number of hydrogen-bond donors (Lipinski definition) is 1. The maximum Gasteiger partial charge on any atom is 0.0317 e. The lowest BCUT2D eigenvalue weighted by Gasteiger charge is -2.19. The topological polar surface area (TPSA) is 29.1 Å². The second-order valence-electron chi connectivity index (χ2n) is 4.68. The summed E-state index contributed by atoms with van der Waals surface area (Å²) in [6, 6.07) is 0.680. The Morgan fingerprint density at radius 1 is 1.47 bits per heavy atom. The van der Waals surface area contributed by atoms with Gasteiger partial charge in [0.15, 0.2) is 0 Å². The zero-order valence-corrected chi connectivity index (χ0v) is 11.1. The molecule has 1 aliphatic rings. The third kappa shape index (κ3) is 3.87. The summed E-state index contributed by atoms with van der Waals surface area (Å²) in [5.74, 6) is 1.67. The predicted octanol–water partition coefficient (Wildman–Crippen LogP) is 2.31. The van der Waals surface area contributed by atoms with Gasteiger partial charge in [-0.1, -0.05) is 20.3 Å². The lowest BCUT2D eigenvalue weighted by molar-refractivity contribution is 0.416. The Balaban J connectivity index is 2.27. The van der Waals surface area contributed by atoms with E-state index in [4.69, 9.17) is 0 Å². The minimum absolute atomic E-state index is 0.374. The molecular weight excluding hydrogens is 206 g/mol. The van der Waals surface area contributed by atoms with Crippen molar-refractivity contribution in [3.05, 3.63) is 0 Å². The Bertz CT molecular complexity index is 208. The zero-order valence-electron chi connectivity index (χ0n) is 10.3. The minimum Gasteiger partial charge on any atom is -0.317 e. The van der Waals surface area contributed by atoms with E-state index < -0.39 is 10.8 Å². The smallest absolute Gasteiger partial charge is 0.0317 e. The van der Waals surface area contributed by atoms with Gasteiger partial charge in [-0.05, 0) is 38.6 Å². The normalized spacial score (nSPS) is 30.3. The van der Waals surface area contributed by atoms with Crippen LogP contribution in [-0.2, 0) is 10.8 Å². The molecule has 0 aromatic carbocycles. The summed E-state index contributed by atoms with van der Waals surface area (Å²) in [6.07, 6.45) is 6.14. The lowest BCUT2D eigenvalue weighted by atomic mass is 10.0. The Labute approximate surface area is 96.7 Å². The SMILES string of the molecule is CCC(C)S(=O)CCC1CCCC1NC. The first kappa shape index (κ1) is 13.2. The first-order valence-electron chi connectivity index (χ1n) is 6.23. The number of rotatable bonds is 6. The van der Waals surface area contributed by atoms with E-state index in [1.165, 1.54) is 19.3 Å². The standard InChI is InChI=1S/C12H25NOS/c1-4-10(2)15(14)9-8-11-6-5-7-12(11)13-3/h10-13H,4-9H2,1-3H3. The Morgan fingerprint density at radius 2 is 2.20 bits per heavy atom. The maximum absolute atomic E-state index is 11.8. The van der Waals surface area contributed by atoms with Crippen LogP contribution in [-0.4, -0.2) is 28.3 Å². The van der Waals surface area contributed by atoms with Crippen molar-refractivity contribution in [1.29, 1.82) is 0 Å². The van der Waals surface area contributed by atoms with Crippen molar-refractivity contribution < 1.29 is 4.21 Å². The highest BCUT2D eigenvalue weighted by molar-refractivity contribution is 7.85. The van der Waals surface area contributed by atoms with Crippen molar-refractivity contribution in [3.63, 3.8) is 0 Å². The molecule has 0 saturated heterocycles. The monoisotopic (exact) mass is 231 g/mol. The molecule has 0 aliphatic heterocycles. The average molecular weight is 231 g/mol. The molecule has 0 amide bonds. The van der Waals surface area contributed by atoms with Gasteiger partial charge in [0.25, 0.3) is 0 Å². The van der Waals surface area contributed by atoms with Crippen LogP contribution in [0.2, 0.25) is 0 Å². The molecule has 90 valence electrons. The first-order chi connectivity index (χ1) is 7.19. The van der Waals surface area contributed by atoms with Gasteiger partial charge in [0.2, 0.25) is 0 Å². The summed E-state index contributed by atoms with van der Waals surface area (Å²) in [5.41, 5.74) is 0. The molecular formula is C12H25NOS.